The maximum atomic E-state index is 12.5. The van der Waals surface area contributed by atoms with Gasteiger partial charge in [0, 0.05) is 24.6 Å². The van der Waals surface area contributed by atoms with Crippen molar-refractivity contribution in [2.45, 2.75) is 20.0 Å². The molecule has 1 saturated heterocycles. The quantitative estimate of drug-likeness (QED) is 0.844. The standard InChI is InChI=1S/C16H18N4O2/c1-11-8-14(19-12(2)18-11)15-10-20(6-7-22-15)16(21)13-4-3-5-17-9-13/h3-5,8-9,15H,6-7,10H2,1-2H3/t15-/m0/s1. The number of ether oxygens (including phenoxy) is 1. The van der Waals surface area contributed by atoms with E-state index in [0.29, 0.717) is 31.1 Å². The molecule has 3 rings (SSSR count). The highest BCUT2D eigenvalue weighted by molar-refractivity contribution is 5.93. The Labute approximate surface area is 129 Å². The van der Waals surface area contributed by atoms with E-state index in [4.69, 9.17) is 4.74 Å². The van der Waals surface area contributed by atoms with Gasteiger partial charge in [0.05, 0.1) is 24.4 Å². The zero-order valence-electron chi connectivity index (χ0n) is 12.7. The van der Waals surface area contributed by atoms with Gasteiger partial charge in [0.2, 0.25) is 0 Å². The first-order chi connectivity index (χ1) is 10.6. The minimum Gasteiger partial charge on any atom is -0.368 e. The molecule has 0 N–H and O–H groups in total. The molecular weight excluding hydrogens is 280 g/mol. The Hall–Kier alpha value is -2.34. The van der Waals surface area contributed by atoms with E-state index in [-0.39, 0.29) is 12.0 Å². The van der Waals surface area contributed by atoms with E-state index in [0.717, 1.165) is 11.4 Å². The molecule has 0 aliphatic carbocycles. The number of amides is 1. The maximum absolute atomic E-state index is 12.5. The van der Waals surface area contributed by atoms with Crippen LogP contribution < -0.4 is 0 Å². The van der Waals surface area contributed by atoms with Crippen LogP contribution in [0.25, 0.3) is 0 Å². The molecule has 2 aromatic heterocycles. The molecule has 0 spiro atoms. The van der Waals surface area contributed by atoms with Crippen LogP contribution in [0.1, 0.15) is 33.7 Å². The Kier molecular flexibility index (Phi) is 4.11. The highest BCUT2D eigenvalue weighted by Gasteiger charge is 2.27. The molecule has 1 aliphatic rings. The molecule has 0 radical (unpaired) electrons. The van der Waals surface area contributed by atoms with Crippen LogP contribution in [0.2, 0.25) is 0 Å². The van der Waals surface area contributed by atoms with Gasteiger partial charge in [-0.1, -0.05) is 0 Å². The summed E-state index contributed by atoms with van der Waals surface area (Å²) in [4.78, 5) is 27.0. The van der Waals surface area contributed by atoms with Crippen molar-refractivity contribution in [3.63, 3.8) is 0 Å². The van der Waals surface area contributed by atoms with E-state index in [1.165, 1.54) is 0 Å². The molecule has 114 valence electrons. The van der Waals surface area contributed by atoms with Gasteiger partial charge in [-0.15, -0.1) is 0 Å². The van der Waals surface area contributed by atoms with Gasteiger partial charge in [0.25, 0.3) is 5.91 Å². The van der Waals surface area contributed by atoms with Crippen LogP contribution >= 0.6 is 0 Å². The lowest BCUT2D eigenvalue weighted by Gasteiger charge is -2.32. The van der Waals surface area contributed by atoms with Crippen molar-refractivity contribution >= 4 is 5.91 Å². The van der Waals surface area contributed by atoms with E-state index in [1.807, 2.05) is 19.9 Å². The largest absolute Gasteiger partial charge is 0.368 e. The number of aromatic nitrogens is 3. The Bertz CT molecular complexity index is 655. The number of pyridine rings is 1. The second-order valence-corrected chi connectivity index (χ2v) is 5.33. The third-order valence-electron chi connectivity index (χ3n) is 3.58. The molecule has 0 saturated carbocycles. The summed E-state index contributed by atoms with van der Waals surface area (Å²) in [5, 5.41) is 0. The highest BCUT2D eigenvalue weighted by Crippen LogP contribution is 2.22. The van der Waals surface area contributed by atoms with Gasteiger partial charge in [-0.3, -0.25) is 9.78 Å². The summed E-state index contributed by atoms with van der Waals surface area (Å²) in [6.45, 7) is 5.35. The minimum atomic E-state index is -0.213. The van der Waals surface area contributed by atoms with Crippen molar-refractivity contribution < 1.29 is 9.53 Å². The van der Waals surface area contributed by atoms with Crippen LogP contribution in [-0.2, 0) is 4.74 Å². The zero-order valence-corrected chi connectivity index (χ0v) is 12.7. The molecule has 3 heterocycles. The number of morpholine rings is 1. The fraction of sp³-hybridized carbons (Fsp3) is 0.375. The Morgan fingerprint density at radius 1 is 1.36 bits per heavy atom. The van der Waals surface area contributed by atoms with Gasteiger partial charge in [-0.05, 0) is 32.0 Å². The summed E-state index contributed by atoms with van der Waals surface area (Å²) in [6, 6.07) is 5.46. The average molecular weight is 298 g/mol. The van der Waals surface area contributed by atoms with Crippen LogP contribution in [0.4, 0.5) is 0 Å². The Morgan fingerprint density at radius 3 is 2.95 bits per heavy atom. The van der Waals surface area contributed by atoms with Crippen LogP contribution in [0, 0.1) is 13.8 Å². The van der Waals surface area contributed by atoms with Gasteiger partial charge in [0.15, 0.2) is 0 Å². The predicted octanol–water partition coefficient (Wildman–Crippen LogP) is 1.70. The first kappa shape index (κ1) is 14.6. The van der Waals surface area contributed by atoms with E-state index >= 15 is 0 Å². The second kappa shape index (κ2) is 6.19. The van der Waals surface area contributed by atoms with Crippen LogP contribution in [-0.4, -0.2) is 45.5 Å². The number of aryl methyl sites for hydroxylation is 2. The van der Waals surface area contributed by atoms with Gasteiger partial charge < -0.3 is 9.64 Å². The van der Waals surface area contributed by atoms with Gasteiger partial charge in [-0.2, -0.15) is 0 Å². The van der Waals surface area contributed by atoms with Crippen molar-refractivity contribution in [1.82, 2.24) is 19.9 Å². The van der Waals surface area contributed by atoms with Crippen LogP contribution in [0.5, 0.6) is 0 Å². The number of hydrogen-bond acceptors (Lipinski definition) is 5. The average Bonchev–Trinajstić information content (AvgIpc) is 2.54. The van der Waals surface area contributed by atoms with Gasteiger partial charge >= 0.3 is 0 Å². The van der Waals surface area contributed by atoms with Crippen molar-refractivity contribution in [3.05, 3.63) is 53.4 Å². The molecule has 2 aromatic rings. The third kappa shape index (κ3) is 3.12. The smallest absolute Gasteiger partial charge is 0.255 e. The molecular formula is C16H18N4O2. The SMILES string of the molecule is Cc1cc([C@@H]2CN(C(=O)c3cccnc3)CCO2)nc(C)n1. The fourth-order valence-electron chi connectivity index (χ4n) is 2.60. The normalized spacial score (nSPS) is 18.3. The molecule has 6 heteroatoms. The molecule has 1 atom stereocenters. The molecule has 1 amide bonds. The summed E-state index contributed by atoms with van der Waals surface area (Å²) in [5.74, 6) is 0.693. The van der Waals surface area contributed by atoms with Crippen molar-refractivity contribution in [2.75, 3.05) is 19.7 Å². The molecule has 1 aliphatic heterocycles. The second-order valence-electron chi connectivity index (χ2n) is 5.33. The van der Waals surface area contributed by atoms with Crippen LogP contribution in [0.3, 0.4) is 0 Å². The van der Waals surface area contributed by atoms with E-state index in [9.17, 15) is 4.79 Å². The topological polar surface area (TPSA) is 68.2 Å². The Balaban J connectivity index is 1.78. The summed E-state index contributed by atoms with van der Waals surface area (Å²) in [6.07, 6.45) is 3.03. The lowest BCUT2D eigenvalue weighted by molar-refractivity contribution is -0.0248. The van der Waals surface area contributed by atoms with Gasteiger partial charge in [0.1, 0.15) is 11.9 Å². The fourth-order valence-corrected chi connectivity index (χ4v) is 2.60. The monoisotopic (exact) mass is 298 g/mol. The molecule has 0 unspecified atom stereocenters. The first-order valence-electron chi connectivity index (χ1n) is 7.26. The lowest BCUT2D eigenvalue weighted by atomic mass is 10.1. The van der Waals surface area contributed by atoms with E-state index in [2.05, 4.69) is 15.0 Å². The summed E-state index contributed by atoms with van der Waals surface area (Å²) >= 11 is 0. The number of nitrogens with zero attached hydrogens (tertiary/aromatic N) is 4. The van der Waals surface area contributed by atoms with Gasteiger partial charge in [-0.25, -0.2) is 9.97 Å². The number of rotatable bonds is 2. The molecule has 6 nitrogen and oxygen atoms in total. The number of carbonyl (C=O) groups excluding carboxylic acids is 1. The van der Waals surface area contributed by atoms with E-state index in [1.54, 1.807) is 29.4 Å². The lowest BCUT2D eigenvalue weighted by Crippen LogP contribution is -2.42. The van der Waals surface area contributed by atoms with Crippen molar-refractivity contribution in [3.8, 4) is 0 Å². The zero-order chi connectivity index (χ0) is 15.5. The highest BCUT2D eigenvalue weighted by atomic mass is 16.5. The molecule has 0 aromatic carbocycles. The minimum absolute atomic E-state index is 0.0242. The third-order valence-corrected chi connectivity index (χ3v) is 3.58. The van der Waals surface area contributed by atoms with Crippen LogP contribution in [0.15, 0.2) is 30.6 Å². The Morgan fingerprint density at radius 2 is 2.23 bits per heavy atom. The predicted molar refractivity (Wildman–Crippen MR) is 80.3 cm³/mol. The maximum Gasteiger partial charge on any atom is 0.255 e. The molecule has 0 bridgehead atoms. The molecule has 1 fully saturated rings. The van der Waals surface area contributed by atoms with Crippen molar-refractivity contribution in [2.24, 2.45) is 0 Å². The first-order valence-corrected chi connectivity index (χ1v) is 7.26. The van der Waals surface area contributed by atoms with Crippen molar-refractivity contribution in [1.29, 1.82) is 0 Å². The number of hydrogen-bond donors (Lipinski definition) is 0. The number of carbonyl (C=O) groups is 1. The van der Waals surface area contributed by atoms with E-state index < -0.39 is 0 Å². The summed E-state index contributed by atoms with van der Waals surface area (Å²) in [5.41, 5.74) is 2.33. The molecule has 22 heavy (non-hydrogen) atoms. The summed E-state index contributed by atoms with van der Waals surface area (Å²) in [7, 11) is 0. The summed E-state index contributed by atoms with van der Waals surface area (Å²) < 4.78 is 5.79.